The summed E-state index contributed by atoms with van der Waals surface area (Å²) in [6.45, 7) is 3.73. The number of ether oxygens (including phenoxy) is 1. The summed E-state index contributed by atoms with van der Waals surface area (Å²) in [5.41, 5.74) is 0. The maximum absolute atomic E-state index is 11.2. The Kier molecular flexibility index (Phi) is 3.06. The molecule has 66 valence electrons. The van der Waals surface area contributed by atoms with Crippen molar-refractivity contribution in [3.05, 3.63) is 0 Å². The smallest absolute Gasteiger partial charge is 0.236 e. The highest BCUT2D eigenvalue weighted by Crippen LogP contribution is 2.05. The standard InChI is InChI=1S/C8H12N2O2/c1-7-6-10(4-5-12-7)8(11)2-3-9/h7H,2,4-6H2,1H3/t7-/m0/s1. The summed E-state index contributed by atoms with van der Waals surface area (Å²) < 4.78 is 5.26. The van der Waals surface area contributed by atoms with Crippen LogP contribution in [-0.4, -0.2) is 36.6 Å². The Bertz CT molecular complexity index is 210. The van der Waals surface area contributed by atoms with E-state index in [2.05, 4.69) is 0 Å². The van der Waals surface area contributed by atoms with Crippen LogP contribution in [0.5, 0.6) is 0 Å². The molecule has 1 heterocycles. The molecular weight excluding hydrogens is 156 g/mol. The number of nitrogens with zero attached hydrogens (tertiary/aromatic N) is 2. The molecule has 0 bridgehead atoms. The van der Waals surface area contributed by atoms with Crippen LogP contribution in [0.1, 0.15) is 13.3 Å². The molecule has 0 aromatic carbocycles. The van der Waals surface area contributed by atoms with E-state index in [0.717, 1.165) is 0 Å². The van der Waals surface area contributed by atoms with E-state index in [9.17, 15) is 4.79 Å². The first-order valence-corrected chi connectivity index (χ1v) is 4.00. The van der Waals surface area contributed by atoms with Crippen LogP contribution < -0.4 is 0 Å². The lowest BCUT2D eigenvalue weighted by molar-refractivity contribution is -0.137. The summed E-state index contributed by atoms with van der Waals surface area (Å²) in [6, 6.07) is 1.85. The van der Waals surface area contributed by atoms with Gasteiger partial charge in [-0.2, -0.15) is 5.26 Å². The van der Waals surface area contributed by atoms with Crippen LogP contribution in [0.25, 0.3) is 0 Å². The first-order chi connectivity index (χ1) is 5.74. The highest BCUT2D eigenvalue weighted by Gasteiger charge is 2.20. The number of amides is 1. The predicted octanol–water partition coefficient (Wildman–Crippen LogP) is 0.147. The van der Waals surface area contributed by atoms with Gasteiger partial charge in [0.2, 0.25) is 5.91 Å². The van der Waals surface area contributed by atoms with Crippen molar-refractivity contribution in [2.24, 2.45) is 0 Å². The molecule has 0 unspecified atom stereocenters. The number of rotatable bonds is 1. The molecular formula is C8H12N2O2. The van der Waals surface area contributed by atoms with Gasteiger partial charge in [0.15, 0.2) is 0 Å². The fourth-order valence-corrected chi connectivity index (χ4v) is 1.22. The van der Waals surface area contributed by atoms with E-state index in [1.54, 1.807) is 4.90 Å². The fourth-order valence-electron chi connectivity index (χ4n) is 1.22. The zero-order valence-electron chi connectivity index (χ0n) is 7.12. The number of morpholine rings is 1. The van der Waals surface area contributed by atoms with Gasteiger partial charge in [-0.1, -0.05) is 0 Å². The van der Waals surface area contributed by atoms with Gasteiger partial charge < -0.3 is 9.64 Å². The average Bonchev–Trinajstić information content (AvgIpc) is 2.05. The van der Waals surface area contributed by atoms with Crippen molar-refractivity contribution in [1.29, 1.82) is 5.26 Å². The van der Waals surface area contributed by atoms with E-state index in [1.807, 2.05) is 13.0 Å². The van der Waals surface area contributed by atoms with Gasteiger partial charge in [-0.3, -0.25) is 4.79 Å². The number of hydrogen-bond acceptors (Lipinski definition) is 3. The van der Waals surface area contributed by atoms with Crippen LogP contribution in [0.2, 0.25) is 0 Å². The zero-order chi connectivity index (χ0) is 8.97. The zero-order valence-corrected chi connectivity index (χ0v) is 7.12. The molecule has 0 radical (unpaired) electrons. The number of hydrogen-bond donors (Lipinski definition) is 0. The quantitative estimate of drug-likeness (QED) is 0.560. The number of carbonyl (C=O) groups is 1. The average molecular weight is 168 g/mol. The highest BCUT2D eigenvalue weighted by molar-refractivity contribution is 5.78. The molecule has 0 aromatic heterocycles. The molecule has 1 rings (SSSR count). The molecule has 0 N–H and O–H groups in total. The molecule has 1 aliphatic heterocycles. The van der Waals surface area contributed by atoms with Crippen molar-refractivity contribution < 1.29 is 9.53 Å². The molecule has 1 fully saturated rings. The Labute approximate surface area is 71.7 Å². The van der Waals surface area contributed by atoms with Crippen molar-refractivity contribution in [3.63, 3.8) is 0 Å². The van der Waals surface area contributed by atoms with Crippen LogP contribution >= 0.6 is 0 Å². The van der Waals surface area contributed by atoms with Crippen molar-refractivity contribution in [2.45, 2.75) is 19.4 Å². The molecule has 0 saturated carbocycles. The van der Waals surface area contributed by atoms with E-state index < -0.39 is 0 Å². The molecule has 4 heteroatoms. The van der Waals surface area contributed by atoms with Crippen LogP contribution in [-0.2, 0) is 9.53 Å². The summed E-state index contributed by atoms with van der Waals surface area (Å²) in [4.78, 5) is 12.9. The summed E-state index contributed by atoms with van der Waals surface area (Å²) in [5.74, 6) is -0.0901. The van der Waals surface area contributed by atoms with Crippen molar-refractivity contribution >= 4 is 5.91 Å². The lowest BCUT2D eigenvalue weighted by atomic mass is 10.3. The lowest BCUT2D eigenvalue weighted by Crippen LogP contribution is -2.44. The minimum absolute atomic E-state index is 0.0211. The third-order valence-corrected chi connectivity index (χ3v) is 1.82. The van der Waals surface area contributed by atoms with E-state index in [-0.39, 0.29) is 18.4 Å². The van der Waals surface area contributed by atoms with Gasteiger partial charge in [-0.15, -0.1) is 0 Å². The molecule has 0 aliphatic carbocycles. The molecule has 0 spiro atoms. The summed E-state index contributed by atoms with van der Waals surface area (Å²) >= 11 is 0. The van der Waals surface area contributed by atoms with E-state index in [0.29, 0.717) is 19.7 Å². The molecule has 1 saturated heterocycles. The summed E-state index contributed by atoms with van der Waals surface area (Å²) in [6.07, 6.45) is 0.0774. The maximum Gasteiger partial charge on any atom is 0.236 e. The third-order valence-electron chi connectivity index (χ3n) is 1.82. The van der Waals surface area contributed by atoms with Crippen LogP contribution in [0, 0.1) is 11.3 Å². The Balaban J connectivity index is 2.41. The summed E-state index contributed by atoms with van der Waals surface area (Å²) in [5, 5.41) is 8.30. The predicted molar refractivity (Wildman–Crippen MR) is 42.2 cm³/mol. The van der Waals surface area contributed by atoms with Crippen LogP contribution in [0.15, 0.2) is 0 Å². The number of carbonyl (C=O) groups excluding carboxylic acids is 1. The second-order valence-corrected chi connectivity index (χ2v) is 2.86. The van der Waals surface area contributed by atoms with Gasteiger partial charge in [0.25, 0.3) is 0 Å². The van der Waals surface area contributed by atoms with E-state index >= 15 is 0 Å². The fraction of sp³-hybridized carbons (Fsp3) is 0.750. The minimum atomic E-state index is -0.0901. The molecule has 4 nitrogen and oxygen atoms in total. The normalized spacial score (nSPS) is 23.3. The SMILES string of the molecule is C[C@H]1CN(C(=O)CC#N)CCO1. The second-order valence-electron chi connectivity index (χ2n) is 2.86. The van der Waals surface area contributed by atoms with Gasteiger partial charge in [0.1, 0.15) is 6.42 Å². The molecule has 0 aromatic rings. The molecule has 12 heavy (non-hydrogen) atoms. The van der Waals surface area contributed by atoms with Crippen molar-refractivity contribution in [2.75, 3.05) is 19.7 Å². The monoisotopic (exact) mass is 168 g/mol. The van der Waals surface area contributed by atoms with Crippen LogP contribution in [0.4, 0.5) is 0 Å². The van der Waals surface area contributed by atoms with E-state index in [1.165, 1.54) is 0 Å². The largest absolute Gasteiger partial charge is 0.375 e. The Morgan fingerprint density at radius 3 is 3.17 bits per heavy atom. The first kappa shape index (κ1) is 9.01. The third kappa shape index (κ3) is 2.21. The van der Waals surface area contributed by atoms with Gasteiger partial charge >= 0.3 is 0 Å². The second kappa shape index (κ2) is 4.07. The van der Waals surface area contributed by atoms with Gasteiger partial charge in [-0.25, -0.2) is 0 Å². The highest BCUT2D eigenvalue weighted by atomic mass is 16.5. The maximum atomic E-state index is 11.2. The Morgan fingerprint density at radius 2 is 2.58 bits per heavy atom. The first-order valence-electron chi connectivity index (χ1n) is 4.00. The minimum Gasteiger partial charge on any atom is -0.375 e. The number of nitriles is 1. The molecule has 1 aliphatic rings. The van der Waals surface area contributed by atoms with Gasteiger partial charge in [-0.05, 0) is 6.92 Å². The van der Waals surface area contributed by atoms with Crippen LogP contribution in [0.3, 0.4) is 0 Å². The topological polar surface area (TPSA) is 53.3 Å². The molecule has 1 atom stereocenters. The van der Waals surface area contributed by atoms with Gasteiger partial charge in [0, 0.05) is 13.1 Å². The van der Waals surface area contributed by atoms with Gasteiger partial charge in [0.05, 0.1) is 18.8 Å². The van der Waals surface area contributed by atoms with Crippen molar-refractivity contribution in [1.82, 2.24) is 4.90 Å². The molecule has 1 amide bonds. The van der Waals surface area contributed by atoms with Crippen molar-refractivity contribution in [3.8, 4) is 6.07 Å². The Hall–Kier alpha value is -1.08. The summed E-state index contributed by atoms with van der Waals surface area (Å²) in [7, 11) is 0. The van der Waals surface area contributed by atoms with E-state index in [4.69, 9.17) is 10.00 Å². The lowest BCUT2D eigenvalue weighted by Gasteiger charge is -2.30. The Morgan fingerprint density at radius 1 is 1.83 bits per heavy atom.